The van der Waals surface area contributed by atoms with Crippen molar-refractivity contribution in [2.45, 2.75) is 6.92 Å². The van der Waals surface area contributed by atoms with Gasteiger partial charge < -0.3 is 10.1 Å². The molecule has 1 rings (SSSR count). The van der Waals surface area contributed by atoms with Crippen LogP contribution in [0.4, 0.5) is 0 Å². The molecule has 1 amide bonds. The second-order valence-corrected chi connectivity index (χ2v) is 4.32. The van der Waals surface area contributed by atoms with Crippen molar-refractivity contribution in [3.8, 4) is 0 Å². The molecular weight excluding hydrogens is 266 g/mol. The third-order valence-corrected chi connectivity index (χ3v) is 3.40. The molecule has 0 atom stereocenters. The first-order chi connectivity index (χ1) is 6.75. The summed E-state index contributed by atoms with van der Waals surface area (Å²) in [6.45, 7) is 3.72. The van der Waals surface area contributed by atoms with Gasteiger partial charge in [0.05, 0.1) is 6.61 Å². The molecule has 1 aromatic rings. The van der Waals surface area contributed by atoms with Crippen LogP contribution in [0.2, 0.25) is 0 Å². The fourth-order valence-corrected chi connectivity index (χ4v) is 2.38. The van der Waals surface area contributed by atoms with E-state index in [0.29, 0.717) is 24.6 Å². The summed E-state index contributed by atoms with van der Waals surface area (Å²) >= 11 is 4.73. The molecule has 0 radical (unpaired) electrons. The van der Waals surface area contributed by atoms with Gasteiger partial charge >= 0.3 is 0 Å². The van der Waals surface area contributed by atoms with Crippen molar-refractivity contribution >= 4 is 33.2 Å². The third kappa shape index (κ3) is 3.40. The van der Waals surface area contributed by atoms with Gasteiger partial charge in [-0.25, -0.2) is 0 Å². The second kappa shape index (κ2) is 6.16. The van der Waals surface area contributed by atoms with Crippen LogP contribution in [0.25, 0.3) is 0 Å². The van der Waals surface area contributed by atoms with E-state index in [1.807, 2.05) is 18.4 Å². The van der Waals surface area contributed by atoms with Crippen molar-refractivity contribution in [3.05, 3.63) is 20.8 Å². The molecule has 0 fully saturated rings. The largest absolute Gasteiger partial charge is 0.380 e. The molecule has 1 N–H and O–H groups in total. The lowest BCUT2D eigenvalue weighted by Crippen LogP contribution is -2.26. The lowest BCUT2D eigenvalue weighted by molar-refractivity contribution is 0.0926. The minimum atomic E-state index is -0.0495. The van der Waals surface area contributed by atoms with Gasteiger partial charge in [0.1, 0.15) is 4.88 Å². The average molecular weight is 278 g/mol. The Morgan fingerprint density at radius 3 is 3.07 bits per heavy atom. The smallest absolute Gasteiger partial charge is 0.262 e. The summed E-state index contributed by atoms with van der Waals surface area (Å²) in [6.07, 6.45) is 0. The third-order valence-electron chi connectivity index (χ3n) is 1.56. The van der Waals surface area contributed by atoms with Gasteiger partial charge in [0.25, 0.3) is 5.91 Å². The van der Waals surface area contributed by atoms with E-state index >= 15 is 0 Å². The Morgan fingerprint density at radius 2 is 2.50 bits per heavy atom. The molecule has 14 heavy (non-hydrogen) atoms. The number of hydrogen-bond donors (Lipinski definition) is 1. The standard InChI is InChI=1S/C9H12BrNO2S/c1-2-13-5-4-11-9(12)8-7(10)3-6-14-8/h3,6H,2,4-5H2,1H3,(H,11,12). The maximum Gasteiger partial charge on any atom is 0.262 e. The van der Waals surface area contributed by atoms with Crippen molar-refractivity contribution in [3.63, 3.8) is 0 Å². The Morgan fingerprint density at radius 1 is 1.71 bits per heavy atom. The summed E-state index contributed by atoms with van der Waals surface area (Å²) in [5, 5.41) is 4.65. The van der Waals surface area contributed by atoms with E-state index in [1.165, 1.54) is 11.3 Å². The Balaban J connectivity index is 2.32. The maximum atomic E-state index is 11.5. The van der Waals surface area contributed by atoms with Gasteiger partial charge in [-0.2, -0.15) is 0 Å². The number of nitrogens with one attached hydrogen (secondary N) is 1. The average Bonchev–Trinajstić information content (AvgIpc) is 2.59. The summed E-state index contributed by atoms with van der Waals surface area (Å²) in [6, 6.07) is 1.86. The Bertz CT molecular complexity index is 301. The summed E-state index contributed by atoms with van der Waals surface area (Å²) < 4.78 is 5.95. The lowest BCUT2D eigenvalue weighted by atomic mass is 10.4. The van der Waals surface area contributed by atoms with E-state index in [9.17, 15) is 4.79 Å². The minimum Gasteiger partial charge on any atom is -0.380 e. The fraction of sp³-hybridized carbons (Fsp3) is 0.444. The number of carbonyl (C=O) groups excluding carboxylic acids is 1. The summed E-state index contributed by atoms with van der Waals surface area (Å²) in [7, 11) is 0. The molecule has 0 saturated heterocycles. The van der Waals surface area contributed by atoms with E-state index in [1.54, 1.807) is 0 Å². The molecule has 0 bridgehead atoms. The normalized spacial score (nSPS) is 10.1. The molecule has 0 unspecified atom stereocenters. The van der Waals surface area contributed by atoms with Gasteiger partial charge in [-0.15, -0.1) is 11.3 Å². The van der Waals surface area contributed by atoms with Crippen LogP contribution in [0, 0.1) is 0 Å². The van der Waals surface area contributed by atoms with Crippen LogP contribution in [-0.2, 0) is 4.74 Å². The quantitative estimate of drug-likeness (QED) is 0.839. The molecule has 3 nitrogen and oxygen atoms in total. The highest BCUT2D eigenvalue weighted by Crippen LogP contribution is 2.21. The summed E-state index contributed by atoms with van der Waals surface area (Å²) in [5.74, 6) is -0.0495. The van der Waals surface area contributed by atoms with Crippen LogP contribution in [0.5, 0.6) is 0 Å². The molecule has 0 aromatic carbocycles. The van der Waals surface area contributed by atoms with E-state index in [2.05, 4.69) is 21.2 Å². The highest BCUT2D eigenvalue weighted by molar-refractivity contribution is 9.10. The van der Waals surface area contributed by atoms with Crippen LogP contribution >= 0.6 is 27.3 Å². The molecule has 1 aromatic heterocycles. The van der Waals surface area contributed by atoms with Crippen molar-refractivity contribution in [1.29, 1.82) is 0 Å². The van der Waals surface area contributed by atoms with Gasteiger partial charge in [-0.1, -0.05) is 0 Å². The Hall–Kier alpha value is -0.390. The zero-order valence-corrected chi connectivity index (χ0v) is 10.3. The van der Waals surface area contributed by atoms with Gasteiger partial charge in [0, 0.05) is 17.6 Å². The number of rotatable bonds is 5. The number of halogens is 1. The minimum absolute atomic E-state index is 0.0495. The number of thiophene rings is 1. The topological polar surface area (TPSA) is 38.3 Å². The molecule has 0 aliphatic carbocycles. The maximum absolute atomic E-state index is 11.5. The van der Waals surface area contributed by atoms with E-state index in [0.717, 1.165) is 4.47 Å². The molecule has 0 aliphatic heterocycles. The van der Waals surface area contributed by atoms with Gasteiger partial charge in [-0.05, 0) is 34.3 Å². The molecule has 0 saturated carbocycles. The van der Waals surface area contributed by atoms with E-state index in [4.69, 9.17) is 4.74 Å². The first kappa shape index (κ1) is 11.7. The molecule has 0 aliphatic rings. The Kier molecular flexibility index (Phi) is 5.14. The zero-order valence-electron chi connectivity index (χ0n) is 7.88. The van der Waals surface area contributed by atoms with Crippen LogP contribution < -0.4 is 5.32 Å². The van der Waals surface area contributed by atoms with Crippen LogP contribution in [0.1, 0.15) is 16.6 Å². The predicted molar refractivity (Wildman–Crippen MR) is 60.8 cm³/mol. The highest BCUT2D eigenvalue weighted by Gasteiger charge is 2.09. The number of hydrogen-bond acceptors (Lipinski definition) is 3. The van der Waals surface area contributed by atoms with E-state index in [-0.39, 0.29) is 5.91 Å². The molecule has 0 spiro atoms. The first-order valence-electron chi connectivity index (χ1n) is 4.34. The summed E-state index contributed by atoms with van der Waals surface area (Å²) in [4.78, 5) is 12.2. The number of amides is 1. The van der Waals surface area contributed by atoms with Crippen molar-refractivity contribution in [2.75, 3.05) is 19.8 Å². The molecule has 78 valence electrons. The van der Waals surface area contributed by atoms with Crippen molar-refractivity contribution < 1.29 is 9.53 Å². The molecular formula is C9H12BrNO2S. The van der Waals surface area contributed by atoms with Crippen LogP contribution in [0.3, 0.4) is 0 Å². The van der Waals surface area contributed by atoms with Crippen molar-refractivity contribution in [1.82, 2.24) is 5.32 Å². The monoisotopic (exact) mass is 277 g/mol. The lowest BCUT2D eigenvalue weighted by Gasteiger charge is -2.03. The highest BCUT2D eigenvalue weighted by atomic mass is 79.9. The van der Waals surface area contributed by atoms with Crippen LogP contribution in [-0.4, -0.2) is 25.7 Å². The van der Waals surface area contributed by atoms with Gasteiger partial charge in [-0.3, -0.25) is 4.79 Å². The zero-order chi connectivity index (χ0) is 10.4. The predicted octanol–water partition coefficient (Wildman–Crippen LogP) is 2.28. The Labute approximate surface area is 95.6 Å². The van der Waals surface area contributed by atoms with Crippen molar-refractivity contribution in [2.24, 2.45) is 0 Å². The number of carbonyl (C=O) groups is 1. The SMILES string of the molecule is CCOCCNC(=O)c1sccc1Br. The van der Waals surface area contributed by atoms with Gasteiger partial charge in [0.2, 0.25) is 0 Å². The second-order valence-electron chi connectivity index (χ2n) is 2.55. The molecule has 5 heteroatoms. The van der Waals surface area contributed by atoms with Crippen LogP contribution in [0.15, 0.2) is 15.9 Å². The summed E-state index contributed by atoms with van der Waals surface area (Å²) in [5.41, 5.74) is 0. The first-order valence-corrected chi connectivity index (χ1v) is 6.02. The van der Waals surface area contributed by atoms with Gasteiger partial charge in [0.15, 0.2) is 0 Å². The fourth-order valence-electron chi connectivity index (χ4n) is 0.917. The number of ether oxygens (including phenoxy) is 1. The van der Waals surface area contributed by atoms with E-state index < -0.39 is 0 Å². The molecule has 1 heterocycles.